The first kappa shape index (κ1) is 27.6. The standard InChI is InChI=1S/C21H22F6N4O4S/c1-13-28-8-5-17(30-13)15-3-2-4-16(11-15)36(33,34)29-12-14-6-9-31(10-7-14)19(32)35-18(20(22,23)24)21(25,26)27/h2-5,8,11,14,18,29H,6-7,9-10,12H2,1H3. The van der Waals surface area contributed by atoms with Crippen LogP contribution in [-0.2, 0) is 14.8 Å². The van der Waals surface area contributed by atoms with Gasteiger partial charge in [0.2, 0.25) is 10.0 Å². The molecule has 0 bridgehead atoms. The third-order valence-electron chi connectivity index (χ3n) is 5.46. The number of nitrogens with zero attached hydrogens (tertiary/aromatic N) is 3. The van der Waals surface area contributed by atoms with Crippen LogP contribution in [0.2, 0.25) is 0 Å². The van der Waals surface area contributed by atoms with E-state index in [2.05, 4.69) is 19.4 Å². The lowest BCUT2D eigenvalue weighted by Gasteiger charge is -2.33. The minimum absolute atomic E-state index is 0.0115. The first-order valence-corrected chi connectivity index (χ1v) is 12.1. The number of amides is 1. The second-order valence-corrected chi connectivity index (χ2v) is 9.91. The summed E-state index contributed by atoms with van der Waals surface area (Å²) in [5.74, 6) is 0.221. The fraction of sp³-hybridized carbons (Fsp3) is 0.476. The molecular weight excluding hydrogens is 518 g/mol. The van der Waals surface area contributed by atoms with Gasteiger partial charge < -0.3 is 9.64 Å². The van der Waals surface area contributed by atoms with Gasteiger partial charge in [-0.25, -0.2) is 27.9 Å². The first-order chi connectivity index (χ1) is 16.7. The van der Waals surface area contributed by atoms with E-state index in [0.717, 1.165) is 4.90 Å². The Morgan fingerprint density at radius 3 is 2.36 bits per heavy atom. The van der Waals surface area contributed by atoms with Crippen molar-refractivity contribution in [1.29, 1.82) is 0 Å². The van der Waals surface area contributed by atoms with Crippen LogP contribution >= 0.6 is 0 Å². The summed E-state index contributed by atoms with van der Waals surface area (Å²) in [6.07, 6.45) is -15.7. The molecule has 1 amide bonds. The van der Waals surface area contributed by atoms with Crippen molar-refractivity contribution < 1.29 is 44.3 Å². The summed E-state index contributed by atoms with van der Waals surface area (Å²) >= 11 is 0. The molecule has 1 aromatic heterocycles. The summed E-state index contributed by atoms with van der Waals surface area (Å²) in [5, 5.41) is 0. The summed E-state index contributed by atoms with van der Waals surface area (Å²) in [6.45, 7) is 1.30. The van der Waals surface area contributed by atoms with Crippen molar-refractivity contribution in [3.63, 3.8) is 0 Å². The largest absolute Gasteiger partial charge is 0.434 e. The maximum atomic E-state index is 12.8. The summed E-state index contributed by atoms with van der Waals surface area (Å²) < 4.78 is 107. The predicted molar refractivity (Wildman–Crippen MR) is 114 cm³/mol. The third-order valence-corrected chi connectivity index (χ3v) is 6.89. The number of hydrogen-bond donors (Lipinski definition) is 1. The first-order valence-electron chi connectivity index (χ1n) is 10.7. The Morgan fingerprint density at radius 1 is 1.14 bits per heavy atom. The van der Waals surface area contributed by atoms with Gasteiger partial charge in [0, 0.05) is 31.4 Å². The predicted octanol–water partition coefficient (Wildman–Crippen LogP) is 4.07. The molecule has 1 aliphatic rings. The van der Waals surface area contributed by atoms with Gasteiger partial charge in [0.25, 0.3) is 6.10 Å². The number of hydrogen-bond acceptors (Lipinski definition) is 6. The Bertz CT molecular complexity index is 1170. The van der Waals surface area contributed by atoms with Crippen molar-refractivity contribution >= 4 is 16.1 Å². The van der Waals surface area contributed by atoms with Crippen LogP contribution in [0, 0.1) is 12.8 Å². The number of piperidine rings is 1. The Hall–Kier alpha value is -2.94. The number of carbonyl (C=O) groups is 1. The zero-order chi connectivity index (χ0) is 26.7. The smallest absolute Gasteiger partial charge is 0.426 e. The highest BCUT2D eigenvalue weighted by molar-refractivity contribution is 7.89. The zero-order valence-corrected chi connectivity index (χ0v) is 19.6. The van der Waals surface area contributed by atoms with Gasteiger partial charge in [0.1, 0.15) is 5.82 Å². The van der Waals surface area contributed by atoms with Gasteiger partial charge in [-0.3, -0.25) is 0 Å². The van der Waals surface area contributed by atoms with Gasteiger partial charge >= 0.3 is 18.4 Å². The highest BCUT2D eigenvalue weighted by Crippen LogP contribution is 2.36. The number of nitrogens with one attached hydrogen (secondary N) is 1. The molecular formula is C21H22F6N4O4S. The molecule has 198 valence electrons. The molecule has 1 aliphatic heterocycles. The van der Waals surface area contributed by atoms with E-state index in [1.165, 1.54) is 12.1 Å². The molecule has 0 unspecified atom stereocenters. The fourth-order valence-corrected chi connectivity index (χ4v) is 4.73. The van der Waals surface area contributed by atoms with E-state index in [1.54, 1.807) is 31.3 Å². The van der Waals surface area contributed by atoms with Crippen LogP contribution in [0.15, 0.2) is 41.4 Å². The van der Waals surface area contributed by atoms with Crippen LogP contribution in [0.4, 0.5) is 31.1 Å². The molecule has 0 aliphatic carbocycles. The van der Waals surface area contributed by atoms with Crippen molar-refractivity contribution in [3.05, 3.63) is 42.4 Å². The number of aromatic nitrogens is 2. The van der Waals surface area contributed by atoms with E-state index in [-0.39, 0.29) is 43.3 Å². The van der Waals surface area contributed by atoms with E-state index in [4.69, 9.17) is 0 Å². The lowest BCUT2D eigenvalue weighted by Crippen LogP contribution is -2.49. The molecule has 8 nitrogen and oxygen atoms in total. The Balaban J connectivity index is 1.56. The molecule has 0 radical (unpaired) electrons. The molecule has 0 spiro atoms. The normalized spacial score (nSPS) is 15.8. The fourth-order valence-electron chi connectivity index (χ4n) is 3.56. The SMILES string of the molecule is Cc1nccc(-c2cccc(S(=O)(=O)NCC3CCN(C(=O)OC(C(F)(F)F)C(F)(F)F)CC3)c2)n1. The van der Waals surface area contributed by atoms with Crippen molar-refractivity contribution in [2.24, 2.45) is 5.92 Å². The topological polar surface area (TPSA) is 101 Å². The van der Waals surface area contributed by atoms with Crippen LogP contribution in [-0.4, -0.2) is 67.5 Å². The van der Waals surface area contributed by atoms with Crippen LogP contribution in [0.1, 0.15) is 18.7 Å². The van der Waals surface area contributed by atoms with Crippen LogP contribution in [0.25, 0.3) is 11.3 Å². The monoisotopic (exact) mass is 540 g/mol. The van der Waals surface area contributed by atoms with Gasteiger partial charge in [-0.1, -0.05) is 12.1 Å². The van der Waals surface area contributed by atoms with Gasteiger partial charge in [-0.2, -0.15) is 26.3 Å². The van der Waals surface area contributed by atoms with Crippen molar-refractivity contribution in [2.75, 3.05) is 19.6 Å². The highest BCUT2D eigenvalue weighted by Gasteiger charge is 2.60. The molecule has 0 saturated carbocycles. The van der Waals surface area contributed by atoms with Crippen molar-refractivity contribution in [2.45, 2.75) is 43.1 Å². The van der Waals surface area contributed by atoms with Gasteiger partial charge in [0.05, 0.1) is 10.6 Å². The maximum Gasteiger partial charge on any atom is 0.434 e. The van der Waals surface area contributed by atoms with E-state index in [0.29, 0.717) is 17.1 Å². The number of halogens is 6. The number of aryl methyl sites for hydroxylation is 1. The Kier molecular flexibility index (Phi) is 8.13. The number of alkyl halides is 6. The molecule has 1 saturated heterocycles. The number of sulfonamides is 1. The van der Waals surface area contributed by atoms with Gasteiger partial charge in [0.15, 0.2) is 0 Å². The van der Waals surface area contributed by atoms with Gasteiger partial charge in [-0.15, -0.1) is 0 Å². The summed E-state index contributed by atoms with van der Waals surface area (Å²) in [4.78, 5) is 20.8. The number of rotatable bonds is 6. The van der Waals surface area contributed by atoms with Crippen molar-refractivity contribution in [3.8, 4) is 11.3 Å². The summed E-state index contributed by atoms with van der Waals surface area (Å²) in [5.41, 5.74) is 1.10. The molecule has 1 fully saturated rings. The van der Waals surface area contributed by atoms with E-state index in [9.17, 15) is 39.6 Å². The van der Waals surface area contributed by atoms with Crippen LogP contribution < -0.4 is 4.72 Å². The van der Waals surface area contributed by atoms with E-state index >= 15 is 0 Å². The highest BCUT2D eigenvalue weighted by atomic mass is 32.2. The van der Waals surface area contributed by atoms with Crippen molar-refractivity contribution in [1.82, 2.24) is 19.6 Å². The quantitative estimate of drug-likeness (QED) is 0.555. The third kappa shape index (κ3) is 7.06. The maximum absolute atomic E-state index is 12.8. The lowest BCUT2D eigenvalue weighted by atomic mass is 9.97. The van der Waals surface area contributed by atoms with Gasteiger partial charge in [-0.05, 0) is 43.9 Å². The second kappa shape index (κ2) is 10.6. The number of likely N-dealkylation sites (tertiary alicyclic amines) is 1. The summed E-state index contributed by atoms with van der Waals surface area (Å²) in [7, 11) is -3.93. The van der Waals surface area contributed by atoms with E-state index in [1.807, 2.05) is 0 Å². The Morgan fingerprint density at radius 2 is 1.78 bits per heavy atom. The van der Waals surface area contributed by atoms with E-state index < -0.39 is 34.6 Å². The van der Waals surface area contributed by atoms with Crippen LogP contribution in [0.5, 0.6) is 0 Å². The minimum atomic E-state index is -5.80. The molecule has 2 aromatic rings. The molecule has 15 heteroatoms. The molecule has 3 rings (SSSR count). The average Bonchev–Trinajstić information content (AvgIpc) is 2.80. The minimum Gasteiger partial charge on any atom is -0.426 e. The lowest BCUT2D eigenvalue weighted by molar-refractivity contribution is -0.308. The summed E-state index contributed by atoms with van der Waals surface area (Å²) in [6, 6.07) is 7.73. The molecule has 2 heterocycles. The Labute approximate surface area is 202 Å². The van der Waals surface area contributed by atoms with Crippen LogP contribution in [0.3, 0.4) is 0 Å². The average molecular weight is 540 g/mol. The molecule has 1 N–H and O–H groups in total. The zero-order valence-electron chi connectivity index (χ0n) is 18.8. The number of benzene rings is 1. The molecule has 36 heavy (non-hydrogen) atoms. The number of ether oxygens (including phenoxy) is 1. The number of carbonyl (C=O) groups excluding carboxylic acids is 1. The molecule has 1 aromatic carbocycles. The molecule has 0 atom stereocenters. The second-order valence-electron chi connectivity index (χ2n) is 8.15.